The number of amides is 1. The maximum Gasteiger partial charge on any atom is 0.260 e. The van der Waals surface area contributed by atoms with Crippen molar-refractivity contribution in [3.8, 4) is 11.8 Å². The molecule has 1 aliphatic heterocycles. The van der Waals surface area contributed by atoms with Crippen LogP contribution in [0.15, 0.2) is 24.3 Å². The number of aliphatic hydroxyl groups is 1. The van der Waals surface area contributed by atoms with Gasteiger partial charge in [0.25, 0.3) is 5.91 Å². The van der Waals surface area contributed by atoms with Crippen molar-refractivity contribution in [2.75, 3.05) is 19.8 Å². The summed E-state index contributed by atoms with van der Waals surface area (Å²) in [6.07, 6.45) is 0.895. The minimum absolute atomic E-state index is 0.0261. The van der Waals surface area contributed by atoms with E-state index in [2.05, 4.69) is 0 Å². The number of nitriles is 1. The predicted octanol–water partition coefficient (Wildman–Crippen LogP) is 1.17. The Labute approximate surface area is 118 Å². The largest absolute Gasteiger partial charge is 0.482 e. The van der Waals surface area contributed by atoms with E-state index in [0.29, 0.717) is 23.8 Å². The molecule has 0 bridgehead atoms. The van der Waals surface area contributed by atoms with E-state index < -0.39 is 0 Å². The van der Waals surface area contributed by atoms with Gasteiger partial charge in [0, 0.05) is 6.54 Å². The maximum atomic E-state index is 12.1. The van der Waals surface area contributed by atoms with Crippen molar-refractivity contribution in [1.29, 1.82) is 5.26 Å². The fraction of sp³-hybridized carbons (Fsp3) is 0.467. The van der Waals surface area contributed by atoms with E-state index >= 15 is 0 Å². The number of carbonyl (C=O) groups is 1. The van der Waals surface area contributed by atoms with Crippen LogP contribution in [0.5, 0.6) is 5.75 Å². The van der Waals surface area contributed by atoms with E-state index in [-0.39, 0.29) is 25.2 Å². The Kier molecular flexibility index (Phi) is 4.59. The molecule has 0 radical (unpaired) electrons. The molecule has 1 aromatic rings. The lowest BCUT2D eigenvalue weighted by atomic mass is 10.0. The summed E-state index contributed by atoms with van der Waals surface area (Å²) in [7, 11) is 0. The van der Waals surface area contributed by atoms with Crippen molar-refractivity contribution in [1.82, 2.24) is 4.90 Å². The topological polar surface area (TPSA) is 73.6 Å². The van der Waals surface area contributed by atoms with E-state index in [0.717, 1.165) is 6.42 Å². The zero-order valence-electron chi connectivity index (χ0n) is 11.5. The fourth-order valence-electron chi connectivity index (χ4n) is 2.50. The number of rotatable bonds is 4. The highest BCUT2D eigenvalue weighted by atomic mass is 16.5. The van der Waals surface area contributed by atoms with Gasteiger partial charge in [-0.1, -0.05) is 19.1 Å². The van der Waals surface area contributed by atoms with Crippen molar-refractivity contribution >= 4 is 5.91 Å². The number of para-hydroxylation sites is 1. The molecule has 1 fully saturated rings. The van der Waals surface area contributed by atoms with Crippen LogP contribution in [0.4, 0.5) is 0 Å². The summed E-state index contributed by atoms with van der Waals surface area (Å²) in [5, 5.41) is 18.3. The first-order valence-electron chi connectivity index (χ1n) is 6.69. The van der Waals surface area contributed by atoms with Gasteiger partial charge in [-0.15, -0.1) is 0 Å². The highest BCUT2D eigenvalue weighted by Crippen LogP contribution is 2.24. The van der Waals surface area contributed by atoms with E-state index in [1.165, 1.54) is 0 Å². The second-order valence-corrected chi connectivity index (χ2v) is 5.00. The molecule has 2 unspecified atom stereocenters. The molecular formula is C15H18N2O3. The van der Waals surface area contributed by atoms with Gasteiger partial charge in [-0.3, -0.25) is 4.79 Å². The molecule has 106 valence electrons. The summed E-state index contributed by atoms with van der Waals surface area (Å²) in [4.78, 5) is 13.8. The molecule has 20 heavy (non-hydrogen) atoms. The van der Waals surface area contributed by atoms with Gasteiger partial charge in [-0.25, -0.2) is 0 Å². The maximum absolute atomic E-state index is 12.1. The van der Waals surface area contributed by atoms with Gasteiger partial charge in [-0.05, 0) is 24.5 Å². The molecule has 2 rings (SSSR count). The molecule has 5 nitrogen and oxygen atoms in total. The second-order valence-electron chi connectivity index (χ2n) is 5.00. The first kappa shape index (κ1) is 14.4. The Morgan fingerprint density at radius 3 is 3.00 bits per heavy atom. The number of ether oxygens (including phenoxy) is 1. The van der Waals surface area contributed by atoms with Crippen molar-refractivity contribution in [2.24, 2.45) is 5.92 Å². The molecule has 2 atom stereocenters. The van der Waals surface area contributed by atoms with Crippen LogP contribution < -0.4 is 4.74 Å². The molecule has 0 aromatic heterocycles. The number of nitrogens with zero attached hydrogens (tertiary/aromatic N) is 2. The molecule has 1 N–H and O–H groups in total. The highest BCUT2D eigenvalue weighted by Gasteiger charge is 2.33. The average Bonchev–Trinajstić information content (AvgIpc) is 2.86. The number of hydrogen-bond acceptors (Lipinski definition) is 4. The van der Waals surface area contributed by atoms with Crippen LogP contribution in [-0.2, 0) is 4.79 Å². The van der Waals surface area contributed by atoms with Crippen LogP contribution in [0.3, 0.4) is 0 Å². The van der Waals surface area contributed by atoms with Crippen LogP contribution in [-0.4, -0.2) is 41.7 Å². The molecule has 1 aromatic carbocycles. The summed E-state index contributed by atoms with van der Waals surface area (Å²) >= 11 is 0. The Balaban J connectivity index is 1.97. The van der Waals surface area contributed by atoms with E-state index in [1.807, 2.05) is 13.0 Å². The summed E-state index contributed by atoms with van der Waals surface area (Å²) in [5.74, 6) is 0.563. The number of hydrogen-bond donors (Lipinski definition) is 1. The van der Waals surface area contributed by atoms with Crippen molar-refractivity contribution < 1.29 is 14.6 Å². The summed E-state index contributed by atoms with van der Waals surface area (Å²) in [6, 6.07) is 8.72. The minimum atomic E-state index is -0.152. The Bertz CT molecular complexity index is 524. The van der Waals surface area contributed by atoms with Crippen molar-refractivity contribution in [3.63, 3.8) is 0 Å². The molecule has 5 heteroatoms. The van der Waals surface area contributed by atoms with E-state index in [9.17, 15) is 9.90 Å². The molecular weight excluding hydrogens is 256 g/mol. The third kappa shape index (κ3) is 2.91. The Hall–Kier alpha value is -2.06. The lowest BCUT2D eigenvalue weighted by molar-refractivity contribution is -0.135. The van der Waals surface area contributed by atoms with Gasteiger partial charge in [-0.2, -0.15) is 5.26 Å². The zero-order chi connectivity index (χ0) is 14.5. The smallest absolute Gasteiger partial charge is 0.260 e. The molecule has 1 amide bonds. The molecule has 0 aliphatic carbocycles. The normalized spacial score (nSPS) is 21.6. The van der Waals surface area contributed by atoms with Gasteiger partial charge in [0.05, 0.1) is 18.2 Å². The lowest BCUT2D eigenvalue weighted by Crippen LogP contribution is -2.42. The zero-order valence-corrected chi connectivity index (χ0v) is 11.5. The van der Waals surface area contributed by atoms with E-state index in [4.69, 9.17) is 10.00 Å². The first-order chi connectivity index (χ1) is 9.67. The molecule has 1 heterocycles. The summed E-state index contributed by atoms with van der Waals surface area (Å²) in [5.41, 5.74) is 0.411. The predicted molar refractivity (Wildman–Crippen MR) is 73.0 cm³/mol. The number of aliphatic hydroxyl groups excluding tert-OH is 1. The number of likely N-dealkylation sites (tertiary alicyclic amines) is 1. The van der Waals surface area contributed by atoms with Crippen LogP contribution in [0.25, 0.3) is 0 Å². The summed E-state index contributed by atoms with van der Waals surface area (Å²) < 4.78 is 5.43. The number of benzene rings is 1. The SMILES string of the molecule is CC1CCN(C(=O)COc2ccccc2C#N)C1CO. The van der Waals surface area contributed by atoms with Crippen LogP contribution >= 0.6 is 0 Å². The Morgan fingerprint density at radius 1 is 1.55 bits per heavy atom. The monoisotopic (exact) mass is 274 g/mol. The first-order valence-corrected chi connectivity index (χ1v) is 6.69. The van der Waals surface area contributed by atoms with E-state index in [1.54, 1.807) is 29.2 Å². The standard InChI is InChI=1S/C15H18N2O3/c1-11-6-7-17(13(11)9-18)15(19)10-20-14-5-3-2-4-12(14)8-16/h2-5,11,13,18H,6-7,9-10H2,1H3. The Morgan fingerprint density at radius 2 is 2.30 bits per heavy atom. The van der Waals surface area contributed by atoms with Gasteiger partial charge < -0.3 is 14.7 Å². The summed E-state index contributed by atoms with van der Waals surface area (Å²) in [6.45, 7) is 2.54. The molecule has 1 saturated heterocycles. The second kappa shape index (κ2) is 6.40. The third-order valence-corrected chi connectivity index (χ3v) is 3.75. The quantitative estimate of drug-likeness (QED) is 0.894. The molecule has 1 aliphatic rings. The fourth-order valence-corrected chi connectivity index (χ4v) is 2.50. The van der Waals surface area contributed by atoms with Crippen molar-refractivity contribution in [3.05, 3.63) is 29.8 Å². The van der Waals surface area contributed by atoms with Gasteiger partial charge in [0.1, 0.15) is 11.8 Å². The van der Waals surface area contributed by atoms with Gasteiger partial charge >= 0.3 is 0 Å². The third-order valence-electron chi connectivity index (χ3n) is 3.75. The van der Waals surface area contributed by atoms with Gasteiger partial charge in [0.2, 0.25) is 0 Å². The molecule has 0 saturated carbocycles. The van der Waals surface area contributed by atoms with Crippen LogP contribution in [0.2, 0.25) is 0 Å². The molecule has 0 spiro atoms. The van der Waals surface area contributed by atoms with Crippen LogP contribution in [0, 0.1) is 17.2 Å². The average molecular weight is 274 g/mol. The van der Waals surface area contributed by atoms with Crippen LogP contribution in [0.1, 0.15) is 18.9 Å². The minimum Gasteiger partial charge on any atom is -0.482 e. The van der Waals surface area contributed by atoms with Crippen molar-refractivity contribution in [2.45, 2.75) is 19.4 Å². The lowest BCUT2D eigenvalue weighted by Gasteiger charge is -2.25. The highest BCUT2D eigenvalue weighted by molar-refractivity contribution is 5.78. The van der Waals surface area contributed by atoms with Gasteiger partial charge in [0.15, 0.2) is 6.61 Å². The number of carbonyl (C=O) groups excluding carboxylic acids is 1.